The average Bonchev–Trinajstić information content (AvgIpc) is 2.81. The molecule has 162 valence electrons. The Kier molecular flexibility index (Phi) is 5.37. The largest absolute Gasteiger partial charge is 0.378 e. The summed E-state index contributed by atoms with van der Waals surface area (Å²) in [6, 6.07) is 16.5. The molecule has 0 spiro atoms. The van der Waals surface area contributed by atoms with Crippen LogP contribution in [0.1, 0.15) is 11.1 Å². The van der Waals surface area contributed by atoms with E-state index in [-0.39, 0.29) is 5.56 Å². The van der Waals surface area contributed by atoms with Gasteiger partial charge in [0.05, 0.1) is 18.6 Å². The van der Waals surface area contributed by atoms with Crippen LogP contribution in [-0.4, -0.2) is 36.3 Å². The maximum absolute atomic E-state index is 12.8. The fraction of sp³-hybridized carbons (Fsp3) is 0.231. The highest BCUT2D eigenvalue weighted by molar-refractivity contribution is 6.02. The normalized spacial score (nSPS) is 14.0. The number of hydrogen-bond donors (Lipinski definition) is 2. The van der Waals surface area contributed by atoms with Gasteiger partial charge in [-0.25, -0.2) is 4.98 Å². The minimum Gasteiger partial charge on any atom is -0.378 e. The van der Waals surface area contributed by atoms with Crippen molar-refractivity contribution in [2.24, 2.45) is 0 Å². The topological polar surface area (TPSA) is 70.2 Å². The van der Waals surface area contributed by atoms with E-state index >= 15 is 0 Å². The first-order valence-electron chi connectivity index (χ1n) is 10.9. The summed E-state index contributed by atoms with van der Waals surface area (Å²) in [6.45, 7) is 7.48. The van der Waals surface area contributed by atoms with Crippen molar-refractivity contribution >= 4 is 28.0 Å². The Labute approximate surface area is 186 Å². The highest BCUT2D eigenvalue weighted by atomic mass is 16.5. The van der Waals surface area contributed by atoms with Crippen molar-refractivity contribution in [1.82, 2.24) is 9.97 Å². The molecular weight excluding hydrogens is 400 g/mol. The molecule has 1 fully saturated rings. The van der Waals surface area contributed by atoms with Crippen LogP contribution in [0.3, 0.4) is 0 Å². The monoisotopic (exact) mass is 426 g/mol. The maximum Gasteiger partial charge on any atom is 0.259 e. The van der Waals surface area contributed by atoms with E-state index in [1.807, 2.05) is 18.2 Å². The van der Waals surface area contributed by atoms with Gasteiger partial charge >= 0.3 is 0 Å². The second-order valence-electron chi connectivity index (χ2n) is 8.20. The number of anilines is 3. The summed E-state index contributed by atoms with van der Waals surface area (Å²) in [5.41, 5.74) is 6.37. The third kappa shape index (κ3) is 3.85. The third-order valence-electron chi connectivity index (χ3n) is 5.99. The molecule has 0 unspecified atom stereocenters. The lowest BCUT2D eigenvalue weighted by atomic mass is 9.96. The van der Waals surface area contributed by atoms with Crippen molar-refractivity contribution < 1.29 is 4.74 Å². The number of pyridine rings is 2. The van der Waals surface area contributed by atoms with E-state index in [0.717, 1.165) is 48.5 Å². The Morgan fingerprint density at radius 3 is 2.53 bits per heavy atom. The number of rotatable bonds is 4. The van der Waals surface area contributed by atoms with Gasteiger partial charge in [-0.1, -0.05) is 23.8 Å². The molecular formula is C26H26N4O2. The molecule has 2 N–H and O–H groups in total. The molecule has 6 nitrogen and oxygen atoms in total. The van der Waals surface area contributed by atoms with Crippen molar-refractivity contribution in [3.63, 3.8) is 0 Å². The van der Waals surface area contributed by atoms with E-state index in [2.05, 4.69) is 64.4 Å². The van der Waals surface area contributed by atoms with E-state index in [9.17, 15) is 4.79 Å². The smallest absolute Gasteiger partial charge is 0.259 e. The first-order valence-corrected chi connectivity index (χ1v) is 10.9. The highest BCUT2D eigenvalue weighted by Gasteiger charge is 2.14. The quantitative estimate of drug-likeness (QED) is 0.491. The Hall–Kier alpha value is -3.64. The van der Waals surface area contributed by atoms with E-state index < -0.39 is 0 Å². The van der Waals surface area contributed by atoms with Crippen molar-refractivity contribution in [3.8, 4) is 11.1 Å². The number of ether oxygens (including phenoxy) is 1. The molecule has 4 aromatic rings. The molecule has 1 aliphatic rings. The summed E-state index contributed by atoms with van der Waals surface area (Å²) >= 11 is 0. The Morgan fingerprint density at radius 1 is 1.00 bits per heavy atom. The van der Waals surface area contributed by atoms with Crippen LogP contribution in [0.5, 0.6) is 0 Å². The lowest BCUT2D eigenvalue weighted by Crippen LogP contribution is -2.36. The van der Waals surface area contributed by atoms with Gasteiger partial charge in [-0.05, 0) is 55.3 Å². The van der Waals surface area contributed by atoms with Crippen LogP contribution >= 0.6 is 0 Å². The number of aromatic amines is 1. The molecule has 32 heavy (non-hydrogen) atoms. The number of benzene rings is 2. The number of hydrogen-bond acceptors (Lipinski definition) is 5. The minimum atomic E-state index is -0.158. The van der Waals surface area contributed by atoms with Crippen LogP contribution in [0.25, 0.3) is 21.9 Å². The summed E-state index contributed by atoms with van der Waals surface area (Å²) in [4.78, 5) is 22.5. The summed E-state index contributed by atoms with van der Waals surface area (Å²) in [5.74, 6) is 0.550. The second kappa shape index (κ2) is 8.48. The summed E-state index contributed by atoms with van der Waals surface area (Å²) < 4.78 is 5.44. The first-order chi connectivity index (χ1) is 15.6. The van der Waals surface area contributed by atoms with Crippen molar-refractivity contribution in [3.05, 3.63) is 82.4 Å². The molecule has 5 rings (SSSR count). The van der Waals surface area contributed by atoms with E-state index in [4.69, 9.17) is 4.74 Å². The zero-order valence-electron chi connectivity index (χ0n) is 18.3. The van der Waals surface area contributed by atoms with Crippen LogP contribution in [-0.2, 0) is 4.74 Å². The van der Waals surface area contributed by atoms with Crippen LogP contribution in [0.4, 0.5) is 17.2 Å². The van der Waals surface area contributed by atoms with Gasteiger partial charge < -0.3 is 19.9 Å². The lowest BCUT2D eigenvalue weighted by Gasteiger charge is -2.28. The van der Waals surface area contributed by atoms with Gasteiger partial charge in [0.25, 0.3) is 5.56 Å². The maximum atomic E-state index is 12.8. The van der Waals surface area contributed by atoms with Gasteiger partial charge in [0, 0.05) is 47.8 Å². The Bertz CT molecular complexity index is 1320. The number of aryl methyl sites for hydroxylation is 2. The summed E-state index contributed by atoms with van der Waals surface area (Å²) in [6.07, 6.45) is 3.54. The van der Waals surface area contributed by atoms with Crippen molar-refractivity contribution in [2.75, 3.05) is 36.5 Å². The molecule has 6 heteroatoms. The molecule has 0 aliphatic carbocycles. The third-order valence-corrected chi connectivity index (χ3v) is 5.99. The number of nitrogens with zero attached hydrogens (tertiary/aromatic N) is 2. The second-order valence-corrected chi connectivity index (χ2v) is 8.20. The average molecular weight is 427 g/mol. The molecule has 0 bridgehead atoms. The number of nitrogens with one attached hydrogen (secondary N) is 2. The predicted octanol–water partition coefficient (Wildman–Crippen LogP) is 4.79. The van der Waals surface area contributed by atoms with E-state index in [0.29, 0.717) is 11.2 Å². The summed E-state index contributed by atoms with van der Waals surface area (Å²) in [5, 5.41) is 4.78. The Balaban J connectivity index is 1.52. The number of aromatic nitrogens is 2. The molecule has 1 aliphatic heterocycles. The van der Waals surface area contributed by atoms with Gasteiger partial charge in [-0.3, -0.25) is 4.79 Å². The van der Waals surface area contributed by atoms with Crippen molar-refractivity contribution in [1.29, 1.82) is 0 Å². The molecule has 0 saturated carbocycles. The Morgan fingerprint density at radius 2 is 1.78 bits per heavy atom. The molecule has 0 atom stereocenters. The molecule has 3 heterocycles. The zero-order chi connectivity index (χ0) is 22.1. The standard InChI is InChI=1S/C26H26N4O2/c1-17-3-8-21(18(2)15-17)23-16-28-26(31)24-22(23)9-10-27-25(24)29-19-4-6-20(7-5-19)30-11-13-32-14-12-30/h3-10,15-16H,11-14H2,1-2H3,(H,27,29)(H,28,31). The lowest BCUT2D eigenvalue weighted by molar-refractivity contribution is 0.122. The zero-order valence-corrected chi connectivity index (χ0v) is 18.3. The van der Waals surface area contributed by atoms with Gasteiger partial charge in [-0.2, -0.15) is 0 Å². The van der Waals surface area contributed by atoms with Crippen LogP contribution in [0, 0.1) is 13.8 Å². The molecule has 2 aromatic carbocycles. The van der Waals surface area contributed by atoms with Crippen LogP contribution < -0.4 is 15.8 Å². The van der Waals surface area contributed by atoms with Crippen LogP contribution in [0.2, 0.25) is 0 Å². The molecule has 2 aromatic heterocycles. The minimum absolute atomic E-state index is 0.158. The molecule has 1 saturated heterocycles. The fourth-order valence-corrected chi connectivity index (χ4v) is 4.35. The summed E-state index contributed by atoms with van der Waals surface area (Å²) in [7, 11) is 0. The van der Waals surface area contributed by atoms with E-state index in [1.165, 1.54) is 16.8 Å². The van der Waals surface area contributed by atoms with Gasteiger partial charge in [-0.15, -0.1) is 0 Å². The van der Waals surface area contributed by atoms with Gasteiger partial charge in [0.15, 0.2) is 0 Å². The van der Waals surface area contributed by atoms with Gasteiger partial charge in [0.2, 0.25) is 0 Å². The van der Waals surface area contributed by atoms with Crippen molar-refractivity contribution in [2.45, 2.75) is 13.8 Å². The first kappa shape index (κ1) is 20.3. The van der Waals surface area contributed by atoms with Gasteiger partial charge in [0.1, 0.15) is 5.82 Å². The number of morpholine rings is 1. The number of fused-ring (bicyclic) bond motifs is 1. The number of H-pyrrole nitrogens is 1. The van der Waals surface area contributed by atoms with E-state index in [1.54, 1.807) is 12.4 Å². The fourth-order valence-electron chi connectivity index (χ4n) is 4.35. The SMILES string of the molecule is Cc1ccc(-c2c[nH]c(=O)c3c(Nc4ccc(N5CCOCC5)cc4)nccc23)c(C)c1. The predicted molar refractivity (Wildman–Crippen MR) is 130 cm³/mol. The van der Waals surface area contributed by atoms with Crippen LogP contribution in [0.15, 0.2) is 65.7 Å². The molecule has 0 amide bonds. The molecule has 0 radical (unpaired) electrons. The highest BCUT2D eigenvalue weighted by Crippen LogP contribution is 2.32.